The lowest BCUT2D eigenvalue weighted by atomic mass is 10.1. The number of rotatable bonds is 5. The molecule has 0 bridgehead atoms. The predicted octanol–water partition coefficient (Wildman–Crippen LogP) is 2.73. The van der Waals surface area contributed by atoms with Crippen LogP contribution in [0.4, 0.5) is 5.82 Å². The van der Waals surface area contributed by atoms with Crippen LogP contribution in [0.5, 0.6) is 0 Å². The number of amides is 1. The summed E-state index contributed by atoms with van der Waals surface area (Å²) in [6.07, 6.45) is 4.96. The standard InChI is InChI=1S/C15H23N3OS/c1-11(2)17-14-13(5-4-7-16-14)15(19)18-8-6-12(9-18)10-20-3/h4-5,7,11-12H,6,8-10H2,1-3H3,(H,16,17). The zero-order chi connectivity index (χ0) is 14.5. The molecule has 1 fully saturated rings. The maximum Gasteiger partial charge on any atom is 0.257 e. The summed E-state index contributed by atoms with van der Waals surface area (Å²) in [6.45, 7) is 5.83. The van der Waals surface area contributed by atoms with Crippen molar-refractivity contribution in [3.05, 3.63) is 23.9 Å². The first-order valence-electron chi connectivity index (χ1n) is 7.11. The lowest BCUT2D eigenvalue weighted by Gasteiger charge is -2.19. The Hall–Kier alpha value is -1.23. The fourth-order valence-electron chi connectivity index (χ4n) is 2.53. The molecule has 0 aromatic carbocycles. The molecule has 1 atom stereocenters. The quantitative estimate of drug-likeness (QED) is 0.906. The van der Waals surface area contributed by atoms with Crippen LogP contribution in [-0.2, 0) is 0 Å². The lowest BCUT2D eigenvalue weighted by molar-refractivity contribution is 0.0789. The molecule has 2 rings (SSSR count). The number of pyridine rings is 1. The number of thioether (sulfide) groups is 1. The summed E-state index contributed by atoms with van der Waals surface area (Å²) >= 11 is 1.86. The van der Waals surface area contributed by atoms with E-state index < -0.39 is 0 Å². The van der Waals surface area contributed by atoms with Gasteiger partial charge in [-0.1, -0.05) is 0 Å². The van der Waals surface area contributed by atoms with Crippen molar-refractivity contribution in [3.63, 3.8) is 0 Å². The van der Waals surface area contributed by atoms with Crippen LogP contribution in [0.3, 0.4) is 0 Å². The van der Waals surface area contributed by atoms with Gasteiger partial charge >= 0.3 is 0 Å². The van der Waals surface area contributed by atoms with Gasteiger partial charge in [-0.3, -0.25) is 4.79 Å². The Morgan fingerprint density at radius 2 is 2.40 bits per heavy atom. The minimum Gasteiger partial charge on any atom is -0.367 e. The van der Waals surface area contributed by atoms with Crippen LogP contribution in [0, 0.1) is 5.92 Å². The third-order valence-corrected chi connectivity index (χ3v) is 4.24. The van der Waals surface area contributed by atoms with Gasteiger partial charge in [0.25, 0.3) is 5.91 Å². The monoisotopic (exact) mass is 293 g/mol. The first-order valence-corrected chi connectivity index (χ1v) is 8.51. The van der Waals surface area contributed by atoms with Crippen LogP contribution in [-0.4, -0.2) is 46.9 Å². The highest BCUT2D eigenvalue weighted by Crippen LogP contribution is 2.23. The van der Waals surface area contributed by atoms with Crippen LogP contribution < -0.4 is 5.32 Å². The molecule has 1 aromatic heterocycles. The van der Waals surface area contributed by atoms with E-state index in [2.05, 4.69) is 16.6 Å². The minimum atomic E-state index is 0.102. The highest BCUT2D eigenvalue weighted by Gasteiger charge is 2.28. The number of hydrogen-bond donors (Lipinski definition) is 1. The summed E-state index contributed by atoms with van der Waals surface area (Å²) in [5, 5.41) is 3.25. The SMILES string of the molecule is CSCC1CCN(C(=O)c2cccnc2NC(C)C)C1. The molecule has 4 nitrogen and oxygen atoms in total. The largest absolute Gasteiger partial charge is 0.367 e. The van der Waals surface area contributed by atoms with E-state index >= 15 is 0 Å². The van der Waals surface area contributed by atoms with Crippen LogP contribution in [0.15, 0.2) is 18.3 Å². The van der Waals surface area contributed by atoms with Gasteiger partial charge in [-0.15, -0.1) is 0 Å². The van der Waals surface area contributed by atoms with Gasteiger partial charge in [0, 0.05) is 25.3 Å². The van der Waals surface area contributed by atoms with E-state index in [0.29, 0.717) is 17.3 Å². The van der Waals surface area contributed by atoms with Crippen molar-refractivity contribution in [2.24, 2.45) is 5.92 Å². The Morgan fingerprint density at radius 1 is 1.60 bits per heavy atom. The van der Waals surface area contributed by atoms with E-state index in [9.17, 15) is 4.79 Å². The molecule has 0 aliphatic carbocycles. The van der Waals surface area contributed by atoms with Crippen LogP contribution >= 0.6 is 11.8 Å². The molecule has 0 saturated carbocycles. The zero-order valence-electron chi connectivity index (χ0n) is 12.4. The topological polar surface area (TPSA) is 45.2 Å². The normalized spacial score (nSPS) is 18.6. The van der Waals surface area contributed by atoms with Gasteiger partial charge in [0.2, 0.25) is 0 Å². The van der Waals surface area contributed by atoms with Crippen LogP contribution in [0.2, 0.25) is 0 Å². The lowest BCUT2D eigenvalue weighted by Crippen LogP contribution is -2.30. The van der Waals surface area contributed by atoms with Crippen molar-refractivity contribution in [3.8, 4) is 0 Å². The molecular weight excluding hydrogens is 270 g/mol. The summed E-state index contributed by atoms with van der Waals surface area (Å²) < 4.78 is 0. The molecule has 1 amide bonds. The highest BCUT2D eigenvalue weighted by atomic mass is 32.2. The molecule has 1 unspecified atom stereocenters. The molecule has 2 heterocycles. The van der Waals surface area contributed by atoms with E-state index in [4.69, 9.17) is 0 Å². The van der Waals surface area contributed by atoms with Crippen LogP contribution in [0.25, 0.3) is 0 Å². The smallest absolute Gasteiger partial charge is 0.257 e. The number of likely N-dealkylation sites (tertiary alicyclic amines) is 1. The molecule has 1 aromatic rings. The average Bonchev–Trinajstić information content (AvgIpc) is 2.87. The number of carbonyl (C=O) groups excluding carboxylic acids is 1. The Balaban J connectivity index is 2.10. The zero-order valence-corrected chi connectivity index (χ0v) is 13.2. The molecule has 0 spiro atoms. The maximum absolute atomic E-state index is 12.6. The molecule has 1 aliphatic heterocycles. The van der Waals surface area contributed by atoms with Crippen molar-refractivity contribution in [2.75, 3.05) is 30.4 Å². The molecule has 20 heavy (non-hydrogen) atoms. The van der Waals surface area contributed by atoms with Gasteiger partial charge in [-0.2, -0.15) is 11.8 Å². The highest BCUT2D eigenvalue weighted by molar-refractivity contribution is 7.98. The van der Waals surface area contributed by atoms with Gasteiger partial charge in [0.05, 0.1) is 5.56 Å². The van der Waals surface area contributed by atoms with Crippen molar-refractivity contribution >= 4 is 23.5 Å². The van der Waals surface area contributed by atoms with E-state index in [1.165, 1.54) is 0 Å². The van der Waals surface area contributed by atoms with Gasteiger partial charge < -0.3 is 10.2 Å². The number of nitrogens with zero attached hydrogens (tertiary/aromatic N) is 2. The minimum absolute atomic E-state index is 0.102. The van der Waals surface area contributed by atoms with Crippen molar-refractivity contribution in [1.29, 1.82) is 0 Å². The first-order chi connectivity index (χ1) is 9.61. The second kappa shape index (κ2) is 6.97. The molecule has 1 N–H and O–H groups in total. The van der Waals surface area contributed by atoms with E-state index in [-0.39, 0.29) is 11.9 Å². The Labute approximate surface area is 125 Å². The van der Waals surface area contributed by atoms with Gasteiger partial charge in [-0.05, 0) is 50.3 Å². The Kier molecular flexibility index (Phi) is 5.29. The van der Waals surface area contributed by atoms with Crippen molar-refractivity contribution < 1.29 is 4.79 Å². The first kappa shape index (κ1) is 15.2. The summed E-state index contributed by atoms with van der Waals surface area (Å²) in [4.78, 5) is 18.9. The van der Waals surface area contributed by atoms with Gasteiger partial charge in [0.15, 0.2) is 0 Å². The number of anilines is 1. The summed E-state index contributed by atoms with van der Waals surface area (Å²) in [5.74, 6) is 2.56. The third-order valence-electron chi connectivity index (χ3n) is 3.44. The fraction of sp³-hybridized carbons (Fsp3) is 0.600. The number of aromatic nitrogens is 1. The summed E-state index contributed by atoms with van der Waals surface area (Å²) in [7, 11) is 0. The Morgan fingerprint density at radius 3 is 3.10 bits per heavy atom. The number of nitrogens with one attached hydrogen (secondary N) is 1. The second-order valence-corrected chi connectivity index (χ2v) is 6.47. The van der Waals surface area contributed by atoms with Gasteiger partial charge in [-0.25, -0.2) is 4.98 Å². The van der Waals surface area contributed by atoms with E-state index in [0.717, 1.165) is 25.3 Å². The van der Waals surface area contributed by atoms with Crippen molar-refractivity contribution in [1.82, 2.24) is 9.88 Å². The Bertz CT molecular complexity index is 464. The predicted molar refractivity (Wildman–Crippen MR) is 85.4 cm³/mol. The molecule has 0 radical (unpaired) electrons. The van der Waals surface area contributed by atoms with Gasteiger partial charge in [0.1, 0.15) is 5.82 Å². The maximum atomic E-state index is 12.6. The van der Waals surface area contributed by atoms with E-state index in [1.807, 2.05) is 42.6 Å². The van der Waals surface area contributed by atoms with Crippen LogP contribution in [0.1, 0.15) is 30.6 Å². The number of carbonyl (C=O) groups is 1. The molecule has 5 heteroatoms. The fourth-order valence-corrected chi connectivity index (χ4v) is 3.27. The molecule has 110 valence electrons. The summed E-state index contributed by atoms with van der Waals surface area (Å²) in [5.41, 5.74) is 0.686. The second-order valence-electron chi connectivity index (χ2n) is 5.56. The van der Waals surface area contributed by atoms with E-state index in [1.54, 1.807) is 6.20 Å². The average molecular weight is 293 g/mol. The number of hydrogen-bond acceptors (Lipinski definition) is 4. The molecule has 1 aliphatic rings. The molecule has 1 saturated heterocycles. The summed E-state index contributed by atoms with van der Waals surface area (Å²) in [6, 6.07) is 3.95. The molecular formula is C15H23N3OS. The van der Waals surface area contributed by atoms with Crippen molar-refractivity contribution in [2.45, 2.75) is 26.3 Å². The third kappa shape index (κ3) is 3.66.